The summed E-state index contributed by atoms with van der Waals surface area (Å²) in [5.74, 6) is 0.750. The van der Waals surface area contributed by atoms with Gasteiger partial charge < -0.3 is 10.1 Å². The first-order chi connectivity index (χ1) is 8.83. The first-order valence-corrected chi connectivity index (χ1v) is 6.04. The molecular formula is C13H15N3O2. The van der Waals surface area contributed by atoms with Gasteiger partial charge in [-0.1, -0.05) is 18.2 Å². The van der Waals surface area contributed by atoms with Gasteiger partial charge >= 0.3 is 0 Å². The molecule has 1 fully saturated rings. The van der Waals surface area contributed by atoms with Crippen molar-refractivity contribution in [1.29, 1.82) is 0 Å². The number of nitrogens with one attached hydrogen (secondary N) is 3. The molecule has 3 rings (SSSR count). The SMILES string of the molecule is O=C(NC1CCNN1)C1=Cc2ccccc2OC1. The van der Waals surface area contributed by atoms with E-state index in [4.69, 9.17) is 4.74 Å². The molecule has 0 radical (unpaired) electrons. The fraction of sp³-hybridized carbons (Fsp3) is 0.308. The summed E-state index contributed by atoms with van der Waals surface area (Å²) < 4.78 is 5.56. The third-order valence-electron chi connectivity index (χ3n) is 3.06. The zero-order valence-corrected chi connectivity index (χ0v) is 9.90. The molecule has 0 saturated carbocycles. The van der Waals surface area contributed by atoms with Crippen molar-refractivity contribution in [3.8, 4) is 5.75 Å². The number of hydrogen-bond acceptors (Lipinski definition) is 4. The maximum absolute atomic E-state index is 12.0. The fourth-order valence-electron chi connectivity index (χ4n) is 2.09. The number of ether oxygens (including phenoxy) is 1. The number of hydrogen-bond donors (Lipinski definition) is 3. The summed E-state index contributed by atoms with van der Waals surface area (Å²) in [7, 11) is 0. The first kappa shape index (κ1) is 11.3. The molecule has 2 heterocycles. The third kappa shape index (κ3) is 2.23. The van der Waals surface area contributed by atoms with Crippen molar-refractivity contribution in [2.24, 2.45) is 0 Å². The highest BCUT2D eigenvalue weighted by molar-refractivity contribution is 5.99. The van der Waals surface area contributed by atoms with Crippen molar-refractivity contribution in [2.75, 3.05) is 13.2 Å². The maximum Gasteiger partial charge on any atom is 0.251 e. The molecule has 0 spiro atoms. The van der Waals surface area contributed by atoms with Gasteiger partial charge in [0.25, 0.3) is 5.91 Å². The maximum atomic E-state index is 12.0. The van der Waals surface area contributed by atoms with Crippen LogP contribution in [0.15, 0.2) is 29.8 Å². The molecule has 0 bridgehead atoms. The number of amides is 1. The molecule has 1 atom stereocenters. The molecule has 2 aliphatic heterocycles. The van der Waals surface area contributed by atoms with Crippen molar-refractivity contribution in [3.05, 3.63) is 35.4 Å². The Morgan fingerprint density at radius 3 is 3.11 bits per heavy atom. The quantitative estimate of drug-likeness (QED) is 0.706. The van der Waals surface area contributed by atoms with Crippen LogP contribution in [-0.2, 0) is 4.79 Å². The minimum absolute atomic E-state index is 0.00410. The van der Waals surface area contributed by atoms with Crippen LogP contribution >= 0.6 is 0 Å². The highest BCUT2D eigenvalue weighted by atomic mass is 16.5. The van der Waals surface area contributed by atoms with Crippen LogP contribution in [0.2, 0.25) is 0 Å². The van der Waals surface area contributed by atoms with Crippen LogP contribution in [0.25, 0.3) is 6.08 Å². The van der Waals surface area contributed by atoms with E-state index in [1.54, 1.807) is 0 Å². The molecular weight excluding hydrogens is 230 g/mol. The van der Waals surface area contributed by atoms with Gasteiger partial charge in [-0.05, 0) is 18.6 Å². The molecule has 1 aromatic carbocycles. The van der Waals surface area contributed by atoms with E-state index in [1.165, 1.54) is 0 Å². The van der Waals surface area contributed by atoms with Crippen LogP contribution < -0.4 is 20.9 Å². The van der Waals surface area contributed by atoms with Gasteiger partial charge in [0.15, 0.2) is 0 Å². The summed E-state index contributed by atoms with van der Waals surface area (Å²) >= 11 is 0. The smallest absolute Gasteiger partial charge is 0.251 e. The Labute approximate surface area is 105 Å². The highest BCUT2D eigenvalue weighted by Crippen LogP contribution is 2.25. The first-order valence-electron chi connectivity index (χ1n) is 6.04. The molecule has 2 aliphatic rings. The van der Waals surface area contributed by atoms with Crippen LogP contribution in [0, 0.1) is 0 Å². The monoisotopic (exact) mass is 245 g/mol. The Hall–Kier alpha value is -1.85. The lowest BCUT2D eigenvalue weighted by Crippen LogP contribution is -2.45. The zero-order chi connectivity index (χ0) is 12.4. The molecule has 0 aromatic heterocycles. The minimum Gasteiger partial charge on any atom is -0.488 e. The standard InChI is InChI=1S/C13H15N3O2/c17-13(15-12-5-6-14-16-12)10-7-9-3-1-2-4-11(9)18-8-10/h1-4,7,12,14,16H,5-6,8H2,(H,15,17). The van der Waals surface area contributed by atoms with E-state index < -0.39 is 0 Å². The van der Waals surface area contributed by atoms with E-state index in [-0.39, 0.29) is 12.1 Å². The van der Waals surface area contributed by atoms with E-state index in [0.29, 0.717) is 12.2 Å². The number of rotatable bonds is 2. The van der Waals surface area contributed by atoms with Crippen molar-refractivity contribution in [1.82, 2.24) is 16.2 Å². The lowest BCUT2D eigenvalue weighted by molar-refractivity contribution is -0.118. The van der Waals surface area contributed by atoms with Crippen molar-refractivity contribution in [3.63, 3.8) is 0 Å². The predicted molar refractivity (Wildman–Crippen MR) is 67.6 cm³/mol. The highest BCUT2D eigenvalue weighted by Gasteiger charge is 2.21. The number of fused-ring (bicyclic) bond motifs is 1. The second-order valence-corrected chi connectivity index (χ2v) is 4.38. The van der Waals surface area contributed by atoms with Crippen LogP contribution in [0.4, 0.5) is 0 Å². The van der Waals surface area contributed by atoms with Gasteiger partial charge in [-0.25, -0.2) is 5.43 Å². The normalized spacial score (nSPS) is 21.8. The summed E-state index contributed by atoms with van der Waals surface area (Å²) in [6.45, 7) is 1.19. The van der Waals surface area contributed by atoms with Crippen molar-refractivity contribution < 1.29 is 9.53 Å². The second kappa shape index (κ2) is 4.80. The van der Waals surface area contributed by atoms with E-state index in [0.717, 1.165) is 24.3 Å². The Morgan fingerprint density at radius 1 is 1.39 bits per heavy atom. The molecule has 1 saturated heterocycles. The van der Waals surface area contributed by atoms with Gasteiger partial charge in [-0.15, -0.1) is 0 Å². The topological polar surface area (TPSA) is 62.4 Å². The molecule has 18 heavy (non-hydrogen) atoms. The predicted octanol–water partition coefficient (Wildman–Crippen LogP) is 0.403. The number of benzene rings is 1. The fourth-order valence-corrected chi connectivity index (χ4v) is 2.09. The summed E-state index contributed by atoms with van der Waals surface area (Å²) in [4.78, 5) is 12.0. The number of hydrazine groups is 1. The Bertz CT molecular complexity index is 493. The molecule has 1 unspecified atom stereocenters. The van der Waals surface area contributed by atoms with Gasteiger partial charge in [0.05, 0.1) is 11.7 Å². The van der Waals surface area contributed by atoms with E-state index in [2.05, 4.69) is 16.2 Å². The van der Waals surface area contributed by atoms with Gasteiger partial charge in [-0.3, -0.25) is 10.2 Å². The molecule has 0 aliphatic carbocycles. The van der Waals surface area contributed by atoms with Crippen molar-refractivity contribution >= 4 is 12.0 Å². The molecule has 1 aromatic rings. The van der Waals surface area contributed by atoms with Crippen LogP contribution in [0.5, 0.6) is 5.75 Å². The van der Waals surface area contributed by atoms with Gasteiger partial charge in [0.2, 0.25) is 0 Å². The van der Waals surface area contributed by atoms with Crippen LogP contribution in [0.1, 0.15) is 12.0 Å². The Morgan fingerprint density at radius 2 is 2.28 bits per heavy atom. The Balaban J connectivity index is 1.73. The average molecular weight is 245 g/mol. The van der Waals surface area contributed by atoms with Crippen molar-refractivity contribution in [2.45, 2.75) is 12.6 Å². The average Bonchev–Trinajstić information content (AvgIpc) is 2.91. The third-order valence-corrected chi connectivity index (χ3v) is 3.06. The summed E-state index contributed by atoms with van der Waals surface area (Å²) in [6, 6.07) is 7.70. The summed E-state index contributed by atoms with van der Waals surface area (Å²) in [6.07, 6.45) is 2.77. The van der Waals surface area contributed by atoms with Gasteiger partial charge in [0, 0.05) is 12.1 Å². The number of para-hydroxylation sites is 1. The molecule has 94 valence electrons. The Kier molecular flexibility index (Phi) is 3.00. The number of carbonyl (C=O) groups is 1. The lowest BCUT2D eigenvalue weighted by atomic mass is 10.1. The second-order valence-electron chi connectivity index (χ2n) is 4.38. The number of carbonyl (C=O) groups excluding carboxylic acids is 1. The molecule has 3 N–H and O–H groups in total. The van der Waals surface area contributed by atoms with E-state index >= 15 is 0 Å². The van der Waals surface area contributed by atoms with Gasteiger partial charge in [0.1, 0.15) is 12.4 Å². The summed E-state index contributed by atoms with van der Waals surface area (Å²) in [5.41, 5.74) is 7.58. The van der Waals surface area contributed by atoms with E-state index in [9.17, 15) is 4.79 Å². The van der Waals surface area contributed by atoms with E-state index in [1.807, 2.05) is 30.3 Å². The zero-order valence-electron chi connectivity index (χ0n) is 9.90. The van der Waals surface area contributed by atoms with Crippen LogP contribution in [-0.4, -0.2) is 25.2 Å². The summed E-state index contributed by atoms with van der Waals surface area (Å²) in [5, 5.41) is 2.92. The molecule has 1 amide bonds. The van der Waals surface area contributed by atoms with Crippen LogP contribution in [0.3, 0.4) is 0 Å². The molecule has 5 nitrogen and oxygen atoms in total. The largest absolute Gasteiger partial charge is 0.488 e. The molecule has 5 heteroatoms. The van der Waals surface area contributed by atoms with Gasteiger partial charge in [-0.2, -0.15) is 0 Å². The minimum atomic E-state index is -0.0781. The lowest BCUT2D eigenvalue weighted by Gasteiger charge is -2.19.